The Morgan fingerprint density at radius 2 is 2.05 bits per heavy atom. The largest absolute Gasteiger partial charge is 0.494 e. The molecule has 0 atom stereocenters. The minimum Gasteiger partial charge on any atom is -0.494 e. The van der Waals surface area contributed by atoms with Crippen LogP contribution in [-0.4, -0.2) is 78.3 Å². The maximum Gasteiger partial charge on any atom is 0.301 e. The highest BCUT2D eigenvalue weighted by Crippen LogP contribution is 2.41. The molecule has 0 radical (unpaired) electrons. The van der Waals surface area contributed by atoms with E-state index in [1.54, 1.807) is 36.2 Å². The first kappa shape index (κ1) is 26.8. The molecular formula is C27H23F2N11O2. The molecule has 1 saturated heterocycles. The third-order valence-electron chi connectivity index (χ3n) is 6.83. The van der Waals surface area contributed by atoms with E-state index in [2.05, 4.69) is 45.5 Å². The summed E-state index contributed by atoms with van der Waals surface area (Å²) in [5.41, 5.74) is 2.81. The monoisotopic (exact) mass is 571 g/mol. The molecule has 4 aromatic rings. The number of nitrogens with zero attached hydrogens (tertiary/aromatic N) is 10. The van der Waals surface area contributed by atoms with E-state index in [-0.39, 0.29) is 36.0 Å². The number of tetrazole rings is 1. The molecule has 15 heteroatoms. The third-order valence-corrected chi connectivity index (χ3v) is 6.83. The second-order valence-corrected chi connectivity index (χ2v) is 9.62. The molecule has 212 valence electrons. The number of nitrogens with one attached hydrogen (secondary N) is 1. The first-order valence-corrected chi connectivity index (χ1v) is 12.9. The summed E-state index contributed by atoms with van der Waals surface area (Å²) >= 11 is 0. The summed E-state index contributed by atoms with van der Waals surface area (Å²) < 4.78 is 33.0. The second-order valence-electron chi connectivity index (χ2n) is 9.62. The number of pyridine rings is 1. The molecule has 1 aromatic carbocycles. The number of aliphatic imine (C=N–C) groups is 1. The van der Waals surface area contributed by atoms with Crippen LogP contribution in [-0.2, 0) is 19.9 Å². The topological polar surface area (TPSA) is 141 Å². The van der Waals surface area contributed by atoms with Crippen molar-refractivity contribution in [2.24, 2.45) is 12.0 Å². The number of hydrogen-bond acceptors (Lipinski definition) is 10. The Morgan fingerprint density at radius 3 is 2.71 bits per heavy atom. The van der Waals surface area contributed by atoms with Crippen molar-refractivity contribution in [2.75, 3.05) is 25.5 Å². The van der Waals surface area contributed by atoms with E-state index in [4.69, 9.17) is 11.3 Å². The summed E-state index contributed by atoms with van der Waals surface area (Å²) in [5.74, 6) is 0.356. The third kappa shape index (κ3) is 4.98. The smallest absolute Gasteiger partial charge is 0.301 e. The van der Waals surface area contributed by atoms with E-state index < -0.39 is 6.43 Å². The van der Waals surface area contributed by atoms with Crippen molar-refractivity contribution in [3.63, 3.8) is 0 Å². The van der Waals surface area contributed by atoms with Gasteiger partial charge >= 0.3 is 5.82 Å². The van der Waals surface area contributed by atoms with E-state index in [1.807, 2.05) is 0 Å². The zero-order valence-electron chi connectivity index (χ0n) is 22.5. The number of hydrogen-bond donors (Lipinski definition) is 1. The summed E-state index contributed by atoms with van der Waals surface area (Å²) in [7, 11) is 3.15. The highest BCUT2D eigenvalue weighted by atomic mass is 19.3. The molecule has 13 nitrogen and oxygen atoms in total. The Bertz CT molecular complexity index is 1780. The van der Waals surface area contributed by atoms with Crippen molar-refractivity contribution in [3.05, 3.63) is 64.7 Å². The van der Waals surface area contributed by atoms with Crippen molar-refractivity contribution in [2.45, 2.75) is 25.7 Å². The molecule has 42 heavy (non-hydrogen) atoms. The highest BCUT2D eigenvalue weighted by molar-refractivity contribution is 5.99. The zero-order valence-corrected chi connectivity index (χ0v) is 22.5. The molecular weight excluding hydrogens is 548 g/mol. The molecule has 1 fully saturated rings. The lowest BCUT2D eigenvalue weighted by molar-refractivity contribution is 0.0646. The fraction of sp³-hybridized carbons (Fsp3) is 0.296. The number of aryl methyl sites for hydroxylation is 1. The second kappa shape index (κ2) is 10.9. The summed E-state index contributed by atoms with van der Waals surface area (Å²) in [6.07, 6.45) is -0.362. The molecule has 2 aliphatic heterocycles. The zero-order chi connectivity index (χ0) is 29.4. The van der Waals surface area contributed by atoms with Crippen LogP contribution in [0.25, 0.3) is 16.2 Å². The number of benzene rings is 1. The van der Waals surface area contributed by atoms with Crippen LogP contribution in [0.4, 0.5) is 31.7 Å². The first-order chi connectivity index (χ1) is 20.3. The lowest BCUT2D eigenvalue weighted by Crippen LogP contribution is -2.42. The van der Waals surface area contributed by atoms with Crippen LogP contribution in [0.2, 0.25) is 0 Å². The lowest BCUT2D eigenvalue weighted by Gasteiger charge is -2.30. The quantitative estimate of drug-likeness (QED) is 0.314. The predicted octanol–water partition coefficient (Wildman–Crippen LogP) is 3.70. The molecule has 1 amide bonds. The van der Waals surface area contributed by atoms with Gasteiger partial charge in [0, 0.05) is 19.5 Å². The number of methoxy groups -OCH3 is 1. The Balaban J connectivity index is 1.36. The van der Waals surface area contributed by atoms with Gasteiger partial charge in [-0.25, -0.2) is 13.8 Å². The number of fused-ring (bicyclic) bond motifs is 1. The van der Waals surface area contributed by atoms with E-state index in [1.165, 1.54) is 18.1 Å². The molecule has 1 N–H and O–H groups in total. The molecule has 5 heterocycles. The number of amides is 1. The van der Waals surface area contributed by atoms with Crippen molar-refractivity contribution < 1.29 is 18.3 Å². The molecule has 0 saturated carbocycles. The Hall–Kier alpha value is -5.39. The first-order valence-electron chi connectivity index (χ1n) is 12.9. The summed E-state index contributed by atoms with van der Waals surface area (Å²) in [4.78, 5) is 36.4. The van der Waals surface area contributed by atoms with Gasteiger partial charge in [-0.2, -0.15) is 4.80 Å². The molecule has 3 aromatic heterocycles. The van der Waals surface area contributed by atoms with E-state index in [0.29, 0.717) is 64.4 Å². The van der Waals surface area contributed by atoms with Crippen molar-refractivity contribution >= 4 is 34.5 Å². The molecule has 2 aliphatic rings. The number of carbonyl (C=O) groups is 1. The molecule has 0 spiro atoms. The number of para-hydroxylation sites is 1. The number of halogens is 2. The Morgan fingerprint density at radius 1 is 1.21 bits per heavy atom. The van der Waals surface area contributed by atoms with Gasteiger partial charge < -0.3 is 19.8 Å². The van der Waals surface area contributed by atoms with Gasteiger partial charge in [0.05, 0.1) is 60.8 Å². The fourth-order valence-corrected chi connectivity index (χ4v) is 4.72. The normalized spacial score (nSPS) is 13.8. The van der Waals surface area contributed by atoms with Gasteiger partial charge in [0.1, 0.15) is 5.69 Å². The van der Waals surface area contributed by atoms with Gasteiger partial charge in [0.25, 0.3) is 12.3 Å². The number of alkyl halides is 2. The van der Waals surface area contributed by atoms with Crippen molar-refractivity contribution in [1.29, 1.82) is 0 Å². The maximum absolute atomic E-state index is 13.6. The summed E-state index contributed by atoms with van der Waals surface area (Å²) in [6.45, 7) is 8.78. The number of carbonyl (C=O) groups excluding carboxylic acids is 1. The number of aromatic nitrogens is 7. The predicted molar refractivity (Wildman–Crippen MR) is 147 cm³/mol. The Kier molecular flexibility index (Phi) is 6.95. The fourth-order valence-electron chi connectivity index (χ4n) is 4.72. The molecule has 0 aliphatic carbocycles. The van der Waals surface area contributed by atoms with Gasteiger partial charge in [-0.1, -0.05) is 12.6 Å². The minimum absolute atomic E-state index is 0.0114. The molecule has 0 unspecified atom stereocenters. The van der Waals surface area contributed by atoms with Crippen LogP contribution in [0.1, 0.15) is 34.0 Å². The number of ether oxygens (including phenoxy) is 1. The SMILES string of the molecule is [C-]#[N+]c1nc(Cc2cc(Nc3cccc(-c4nnn(C)n4)c3OC)c3c(n2)CC(C(F)F)=N3)cnc1C(=O)N1CCC1. The highest BCUT2D eigenvalue weighted by Gasteiger charge is 2.29. The van der Waals surface area contributed by atoms with Gasteiger partial charge in [-0.15, -0.1) is 15.2 Å². The summed E-state index contributed by atoms with van der Waals surface area (Å²) in [6, 6.07) is 7.00. The van der Waals surface area contributed by atoms with Crippen LogP contribution < -0.4 is 10.1 Å². The summed E-state index contributed by atoms with van der Waals surface area (Å²) in [5, 5.41) is 15.5. The number of likely N-dealkylation sites (tertiary alicyclic amines) is 1. The van der Waals surface area contributed by atoms with Crippen LogP contribution in [0.15, 0.2) is 35.5 Å². The van der Waals surface area contributed by atoms with Crippen molar-refractivity contribution in [1.82, 2.24) is 40.1 Å². The van der Waals surface area contributed by atoms with Gasteiger partial charge in [-0.3, -0.25) is 14.8 Å². The van der Waals surface area contributed by atoms with E-state index in [0.717, 1.165) is 6.42 Å². The van der Waals surface area contributed by atoms with Crippen LogP contribution in [0, 0.1) is 6.57 Å². The number of anilines is 2. The van der Waals surface area contributed by atoms with Gasteiger partial charge in [0.2, 0.25) is 5.82 Å². The average molecular weight is 572 g/mol. The van der Waals surface area contributed by atoms with Crippen LogP contribution in [0.3, 0.4) is 0 Å². The van der Waals surface area contributed by atoms with E-state index >= 15 is 0 Å². The maximum atomic E-state index is 13.6. The molecule has 6 rings (SSSR count). The van der Waals surface area contributed by atoms with Gasteiger partial charge in [0.15, 0.2) is 17.1 Å². The minimum atomic E-state index is -2.74. The van der Waals surface area contributed by atoms with Gasteiger partial charge in [-0.05, 0) is 29.8 Å². The average Bonchev–Trinajstić information content (AvgIpc) is 3.58. The van der Waals surface area contributed by atoms with Crippen molar-refractivity contribution in [3.8, 4) is 17.1 Å². The van der Waals surface area contributed by atoms with Crippen LogP contribution >= 0.6 is 0 Å². The van der Waals surface area contributed by atoms with Crippen LogP contribution in [0.5, 0.6) is 5.75 Å². The Labute approximate surface area is 238 Å². The standard InChI is InChI=1S/C27H23F2N11O2/c1-30-26-22(27(41)40-8-5-9-40)31-13-15(33-26)10-14-11-18(21-19(32-14)12-20(35-21)24(28)29)34-17-7-4-6-16(23(17)42-3)25-36-38-39(2)37-25/h4,6-7,11,13,24H,5,8-10,12H2,2-3H3,(H,32,34). The lowest BCUT2D eigenvalue weighted by atomic mass is 10.1. The molecule has 0 bridgehead atoms. The van der Waals surface area contributed by atoms with E-state index in [9.17, 15) is 13.6 Å². The number of rotatable bonds is 8.